The van der Waals surface area contributed by atoms with Gasteiger partial charge in [-0.05, 0) is 85.2 Å². The largest absolute Gasteiger partial charge is 0.508 e. The van der Waals surface area contributed by atoms with Gasteiger partial charge in [-0.1, -0.05) is 48.5 Å². The van der Waals surface area contributed by atoms with E-state index in [4.69, 9.17) is 4.74 Å². The van der Waals surface area contributed by atoms with Crippen LogP contribution in [0.25, 0.3) is 0 Å². The van der Waals surface area contributed by atoms with Crippen molar-refractivity contribution in [1.82, 2.24) is 4.90 Å². The third-order valence-electron chi connectivity index (χ3n) is 7.50. The molecular weight excluding hydrogens is 425 g/mol. The number of ether oxygens (including phenoxy) is 1. The van der Waals surface area contributed by atoms with Crippen molar-refractivity contribution >= 4 is 0 Å². The van der Waals surface area contributed by atoms with E-state index in [-0.39, 0.29) is 24.6 Å². The van der Waals surface area contributed by atoms with Crippen molar-refractivity contribution in [1.29, 1.82) is 0 Å². The predicted octanol–water partition coefficient (Wildman–Crippen LogP) is 6.31. The number of phenols is 1. The zero-order chi connectivity index (χ0) is 23.5. The predicted molar refractivity (Wildman–Crippen MR) is 135 cm³/mol. The first-order valence-corrected chi connectivity index (χ1v) is 12.5. The van der Waals surface area contributed by atoms with Crippen molar-refractivity contribution in [2.45, 2.75) is 44.1 Å². The zero-order valence-corrected chi connectivity index (χ0v) is 19.9. The van der Waals surface area contributed by atoms with Crippen LogP contribution in [0.2, 0.25) is 0 Å². The summed E-state index contributed by atoms with van der Waals surface area (Å²) in [5.74, 6) is 2.02. The summed E-state index contributed by atoms with van der Waals surface area (Å²) < 4.78 is 19.1. The second-order valence-corrected chi connectivity index (χ2v) is 9.98. The van der Waals surface area contributed by atoms with Crippen molar-refractivity contribution in [3.63, 3.8) is 0 Å². The molecule has 1 aliphatic carbocycles. The molecule has 0 spiro atoms. The minimum atomic E-state index is -0.221. The number of hydrogen-bond acceptors (Lipinski definition) is 3. The number of fused-ring (bicyclic) bond motifs is 1. The van der Waals surface area contributed by atoms with E-state index in [0.29, 0.717) is 11.7 Å². The lowest BCUT2D eigenvalue weighted by molar-refractivity contribution is 0.158. The Balaban J connectivity index is 1.35. The van der Waals surface area contributed by atoms with Crippen LogP contribution in [0.15, 0.2) is 72.8 Å². The van der Waals surface area contributed by atoms with Gasteiger partial charge in [-0.2, -0.15) is 0 Å². The van der Waals surface area contributed by atoms with Gasteiger partial charge in [0.15, 0.2) is 0 Å². The molecule has 0 radical (unpaired) electrons. The van der Waals surface area contributed by atoms with E-state index >= 15 is 0 Å². The maximum Gasteiger partial charge on any atom is 0.119 e. The quantitative estimate of drug-likeness (QED) is 0.449. The van der Waals surface area contributed by atoms with Crippen LogP contribution < -0.4 is 4.74 Å². The van der Waals surface area contributed by atoms with Crippen molar-refractivity contribution < 1.29 is 14.2 Å². The molecule has 0 aromatic heterocycles. The molecule has 1 heterocycles. The van der Waals surface area contributed by atoms with Gasteiger partial charge in [0.25, 0.3) is 0 Å². The maximum absolute atomic E-state index is 12.9. The van der Waals surface area contributed by atoms with Gasteiger partial charge in [0.1, 0.15) is 17.6 Å². The number of nitrogens with zero attached hydrogens (tertiary/aromatic N) is 1. The van der Waals surface area contributed by atoms with Gasteiger partial charge in [0.05, 0.1) is 6.67 Å². The first-order chi connectivity index (χ1) is 16.6. The highest BCUT2D eigenvalue weighted by molar-refractivity contribution is 5.48. The Kier molecular flexibility index (Phi) is 6.87. The van der Waals surface area contributed by atoms with Crippen LogP contribution in [0.4, 0.5) is 4.39 Å². The summed E-state index contributed by atoms with van der Waals surface area (Å²) in [6.07, 6.45) is 3.02. The number of aromatic hydroxyl groups is 1. The van der Waals surface area contributed by atoms with Gasteiger partial charge >= 0.3 is 0 Å². The molecule has 1 N–H and O–H groups in total. The molecule has 4 heteroatoms. The van der Waals surface area contributed by atoms with Crippen molar-refractivity contribution in [3.05, 3.63) is 95.1 Å². The van der Waals surface area contributed by atoms with Gasteiger partial charge in [0, 0.05) is 24.9 Å². The molecule has 0 bridgehead atoms. The lowest BCUT2D eigenvalue weighted by atomic mass is 9.69. The van der Waals surface area contributed by atoms with Crippen LogP contribution >= 0.6 is 0 Å². The van der Waals surface area contributed by atoms with Crippen molar-refractivity contribution in [2.24, 2.45) is 5.92 Å². The summed E-state index contributed by atoms with van der Waals surface area (Å²) >= 11 is 0. The van der Waals surface area contributed by atoms with Crippen LogP contribution in [-0.4, -0.2) is 42.4 Å². The van der Waals surface area contributed by atoms with E-state index in [1.54, 1.807) is 0 Å². The number of hydrogen-bond donors (Lipinski definition) is 1. The summed E-state index contributed by atoms with van der Waals surface area (Å²) in [6, 6.07) is 25.1. The first-order valence-electron chi connectivity index (χ1n) is 12.5. The molecule has 3 aromatic rings. The van der Waals surface area contributed by atoms with Gasteiger partial charge in [-0.3, -0.25) is 9.29 Å². The van der Waals surface area contributed by atoms with E-state index in [9.17, 15) is 9.50 Å². The molecule has 3 aromatic carbocycles. The average Bonchev–Trinajstić information content (AvgIpc) is 3.31. The highest BCUT2D eigenvalue weighted by atomic mass is 19.1. The highest BCUT2D eigenvalue weighted by Crippen LogP contribution is 2.47. The fraction of sp³-hybridized carbons (Fsp3) is 0.400. The molecule has 0 saturated carbocycles. The zero-order valence-electron chi connectivity index (χ0n) is 19.9. The van der Waals surface area contributed by atoms with Gasteiger partial charge < -0.3 is 9.84 Å². The van der Waals surface area contributed by atoms with Crippen molar-refractivity contribution in [3.8, 4) is 11.5 Å². The Labute approximate surface area is 202 Å². The van der Waals surface area contributed by atoms with Crippen molar-refractivity contribution in [2.75, 3.05) is 26.3 Å². The molecule has 34 heavy (non-hydrogen) atoms. The maximum atomic E-state index is 12.9. The summed E-state index contributed by atoms with van der Waals surface area (Å²) in [4.78, 5) is 2.31. The number of likely N-dealkylation sites (tertiary alicyclic amines) is 1. The molecule has 0 amide bonds. The fourth-order valence-electron chi connectivity index (χ4n) is 5.87. The lowest BCUT2D eigenvalue weighted by Crippen LogP contribution is -2.32. The standard InChI is InChI=1S/C30H34FNO2/c1-21(19-32-16-15-22(18-31)20-32)34-27-11-7-24(8-12-27)30-28(23-5-3-2-4-6-23)13-9-25-17-26(33)10-14-29(25)30/h2-8,10-12,14,17,21-22,28,30,33H,9,13,15-16,18-20H2,1H3/t21-,22+,28-,30+/m1/s1. The van der Waals surface area contributed by atoms with Gasteiger partial charge in [-0.25, -0.2) is 0 Å². The molecule has 0 unspecified atom stereocenters. The average molecular weight is 460 g/mol. The van der Waals surface area contributed by atoms with Crippen LogP contribution in [0.5, 0.6) is 11.5 Å². The Morgan fingerprint density at radius 1 is 1.00 bits per heavy atom. The smallest absolute Gasteiger partial charge is 0.119 e. The number of aryl methyl sites for hydroxylation is 1. The van der Waals surface area contributed by atoms with Crippen LogP contribution in [-0.2, 0) is 6.42 Å². The summed E-state index contributed by atoms with van der Waals surface area (Å²) in [6.45, 7) is 4.49. The van der Waals surface area contributed by atoms with Crippen LogP contribution in [0, 0.1) is 5.92 Å². The number of alkyl halides is 1. The molecule has 3 nitrogen and oxygen atoms in total. The second kappa shape index (κ2) is 10.2. The van der Waals surface area contributed by atoms with Crippen LogP contribution in [0.3, 0.4) is 0 Å². The number of rotatable bonds is 7. The minimum absolute atomic E-state index is 0.0552. The highest BCUT2D eigenvalue weighted by Gasteiger charge is 2.32. The molecule has 1 saturated heterocycles. The summed E-state index contributed by atoms with van der Waals surface area (Å²) in [7, 11) is 0. The number of halogens is 1. The third kappa shape index (κ3) is 4.97. The first kappa shape index (κ1) is 22.9. The molecule has 1 fully saturated rings. The normalized spacial score (nSPS) is 23.4. The molecule has 1 aliphatic heterocycles. The topological polar surface area (TPSA) is 32.7 Å². The van der Waals surface area contributed by atoms with E-state index in [1.165, 1.54) is 22.3 Å². The molecule has 2 aliphatic rings. The van der Waals surface area contributed by atoms with Crippen LogP contribution in [0.1, 0.15) is 53.9 Å². The Hall–Kier alpha value is -2.85. The monoisotopic (exact) mass is 459 g/mol. The van der Waals surface area contributed by atoms with Gasteiger partial charge in [0.2, 0.25) is 0 Å². The van der Waals surface area contributed by atoms with E-state index < -0.39 is 0 Å². The number of benzene rings is 3. The Morgan fingerprint density at radius 3 is 2.53 bits per heavy atom. The Morgan fingerprint density at radius 2 is 1.79 bits per heavy atom. The lowest BCUT2D eigenvalue weighted by Gasteiger charge is -2.35. The fourth-order valence-corrected chi connectivity index (χ4v) is 5.87. The number of phenolic OH excluding ortho intramolecular Hbond substituents is 1. The third-order valence-corrected chi connectivity index (χ3v) is 7.50. The second-order valence-electron chi connectivity index (χ2n) is 9.98. The SMILES string of the molecule is C[C@H](CN1CC[C@@H](CF)C1)Oc1ccc([C@@H]2c3ccc(O)cc3CC[C@@H]2c2ccccc2)cc1. The van der Waals surface area contributed by atoms with E-state index in [2.05, 4.69) is 72.5 Å². The molecule has 4 atom stereocenters. The minimum Gasteiger partial charge on any atom is -0.508 e. The summed E-state index contributed by atoms with van der Waals surface area (Å²) in [5, 5.41) is 10.0. The summed E-state index contributed by atoms with van der Waals surface area (Å²) in [5.41, 5.74) is 5.17. The molecule has 178 valence electrons. The Bertz CT molecular complexity index is 1080. The van der Waals surface area contributed by atoms with E-state index in [0.717, 1.165) is 44.6 Å². The molecule has 5 rings (SSSR count). The molecular formula is C30H34FNO2. The van der Waals surface area contributed by atoms with Gasteiger partial charge in [-0.15, -0.1) is 0 Å². The van der Waals surface area contributed by atoms with E-state index in [1.807, 2.05) is 12.1 Å².